The van der Waals surface area contributed by atoms with Gasteiger partial charge in [0.15, 0.2) is 10.8 Å². The van der Waals surface area contributed by atoms with Crippen LogP contribution in [0.2, 0.25) is 0 Å². The molecule has 3 aromatic rings. The molecule has 4 rings (SSSR count). The minimum atomic E-state index is -0.325. The van der Waals surface area contributed by atoms with Crippen LogP contribution in [-0.4, -0.2) is 33.5 Å². The third-order valence-electron chi connectivity index (χ3n) is 5.02. The number of carbonyl (C=O) groups is 1. The lowest BCUT2D eigenvalue weighted by atomic mass is 10.0. The number of thiazole rings is 1. The van der Waals surface area contributed by atoms with Gasteiger partial charge in [-0.1, -0.05) is 30.4 Å². The molecule has 1 N–H and O–H groups in total. The van der Waals surface area contributed by atoms with E-state index in [0.29, 0.717) is 16.3 Å². The van der Waals surface area contributed by atoms with Gasteiger partial charge in [-0.15, -0.1) is 0 Å². The minimum Gasteiger partial charge on any atom is -0.350 e. The van der Waals surface area contributed by atoms with E-state index in [-0.39, 0.29) is 30.4 Å². The fourth-order valence-electron chi connectivity index (χ4n) is 3.46. The van der Waals surface area contributed by atoms with Crippen molar-refractivity contribution in [3.63, 3.8) is 0 Å². The zero-order valence-electron chi connectivity index (χ0n) is 16.1. The van der Waals surface area contributed by atoms with Gasteiger partial charge in [0, 0.05) is 19.6 Å². The van der Waals surface area contributed by atoms with Crippen LogP contribution >= 0.6 is 11.3 Å². The number of halogens is 1. The van der Waals surface area contributed by atoms with E-state index in [0.717, 1.165) is 30.2 Å². The Morgan fingerprint density at radius 2 is 2.14 bits per heavy atom. The molecule has 1 atom stereocenters. The zero-order valence-corrected chi connectivity index (χ0v) is 16.9. The molecule has 7 nitrogen and oxygen atoms in total. The number of aromatic nitrogens is 3. The highest BCUT2D eigenvalue weighted by Gasteiger charge is 2.21. The van der Waals surface area contributed by atoms with E-state index in [1.807, 2.05) is 0 Å². The average molecular weight is 415 g/mol. The number of nitrogens with zero attached hydrogens (tertiary/aromatic N) is 4. The highest BCUT2D eigenvalue weighted by Crippen LogP contribution is 2.28. The van der Waals surface area contributed by atoms with Crippen LogP contribution < -0.4 is 15.8 Å². The molecular formula is C20H22FN5O2S. The third-order valence-corrected chi connectivity index (χ3v) is 6.11. The lowest BCUT2D eigenvalue weighted by molar-refractivity contribution is -0.121. The van der Waals surface area contributed by atoms with Crippen molar-refractivity contribution in [2.24, 2.45) is 5.92 Å². The van der Waals surface area contributed by atoms with Gasteiger partial charge >= 0.3 is 0 Å². The molecule has 9 heteroatoms. The fourth-order valence-corrected chi connectivity index (χ4v) is 4.46. The number of hydrogen-bond donors (Lipinski definition) is 1. The Morgan fingerprint density at radius 3 is 2.90 bits per heavy atom. The number of hydrogen-bond acceptors (Lipinski definition) is 6. The molecule has 3 heterocycles. The predicted octanol–water partition coefficient (Wildman–Crippen LogP) is 2.54. The first kappa shape index (κ1) is 19.5. The number of rotatable bonds is 5. The average Bonchev–Trinajstić information content (AvgIpc) is 3.15. The van der Waals surface area contributed by atoms with E-state index in [1.54, 1.807) is 12.1 Å². The standard InChI is InChI=1S/C20H22FN5O2S/c1-13-3-2-8-25(10-13)20-24-18-17(29-20)19(28)26(12-23-18)11-16(27)22-9-14-4-6-15(21)7-5-14/h4-7,12-13H,2-3,8-11H2,1H3,(H,22,27)/t13-/m0/s1. The van der Waals surface area contributed by atoms with Crippen molar-refractivity contribution in [1.29, 1.82) is 0 Å². The fraction of sp³-hybridized carbons (Fsp3) is 0.400. The van der Waals surface area contributed by atoms with Crippen molar-refractivity contribution in [2.75, 3.05) is 18.0 Å². The van der Waals surface area contributed by atoms with Gasteiger partial charge in [0.2, 0.25) is 5.91 Å². The quantitative estimate of drug-likeness (QED) is 0.693. The summed E-state index contributed by atoms with van der Waals surface area (Å²) in [7, 11) is 0. The van der Waals surface area contributed by atoms with E-state index in [1.165, 1.54) is 40.8 Å². The van der Waals surface area contributed by atoms with Crippen LogP contribution in [0.4, 0.5) is 9.52 Å². The number of carbonyl (C=O) groups excluding carboxylic acids is 1. The summed E-state index contributed by atoms with van der Waals surface area (Å²) in [6, 6.07) is 5.90. The summed E-state index contributed by atoms with van der Waals surface area (Å²) < 4.78 is 14.7. The summed E-state index contributed by atoms with van der Waals surface area (Å²) >= 11 is 1.34. The van der Waals surface area contributed by atoms with Crippen molar-refractivity contribution in [3.8, 4) is 0 Å². The van der Waals surface area contributed by atoms with Crippen LogP contribution in [0.3, 0.4) is 0 Å². The molecule has 0 aliphatic carbocycles. The van der Waals surface area contributed by atoms with E-state index >= 15 is 0 Å². The van der Waals surface area contributed by atoms with Crippen molar-refractivity contribution < 1.29 is 9.18 Å². The second kappa shape index (κ2) is 8.28. The summed E-state index contributed by atoms with van der Waals surface area (Å²) in [6.45, 7) is 4.22. The number of benzene rings is 1. The highest BCUT2D eigenvalue weighted by atomic mass is 32.1. The molecule has 1 amide bonds. The Labute approximate surface area is 171 Å². The smallest absolute Gasteiger partial charge is 0.273 e. The molecule has 1 saturated heterocycles. The largest absolute Gasteiger partial charge is 0.350 e. The molecule has 1 aromatic carbocycles. The van der Waals surface area contributed by atoms with Crippen LogP contribution in [0, 0.1) is 11.7 Å². The van der Waals surface area contributed by atoms with Crippen molar-refractivity contribution in [3.05, 3.63) is 52.3 Å². The first-order valence-electron chi connectivity index (χ1n) is 9.61. The van der Waals surface area contributed by atoms with Crippen LogP contribution in [0.25, 0.3) is 10.3 Å². The molecule has 1 fully saturated rings. The molecule has 152 valence electrons. The summed E-state index contributed by atoms with van der Waals surface area (Å²) in [5, 5.41) is 3.55. The molecule has 29 heavy (non-hydrogen) atoms. The number of nitrogens with one attached hydrogen (secondary N) is 1. The van der Waals surface area contributed by atoms with Gasteiger partial charge in [-0.25, -0.2) is 9.37 Å². The van der Waals surface area contributed by atoms with Gasteiger partial charge in [0.1, 0.15) is 23.4 Å². The first-order chi connectivity index (χ1) is 14.0. The molecule has 0 bridgehead atoms. The Morgan fingerprint density at radius 1 is 1.34 bits per heavy atom. The van der Waals surface area contributed by atoms with E-state index in [9.17, 15) is 14.0 Å². The van der Waals surface area contributed by atoms with Gasteiger partial charge in [0.05, 0.1) is 0 Å². The molecule has 1 aliphatic heterocycles. The van der Waals surface area contributed by atoms with Crippen LogP contribution in [-0.2, 0) is 17.9 Å². The van der Waals surface area contributed by atoms with E-state index in [2.05, 4.69) is 27.1 Å². The van der Waals surface area contributed by atoms with Gasteiger partial charge < -0.3 is 10.2 Å². The Hall–Kier alpha value is -2.81. The maximum absolute atomic E-state index is 12.9. The molecule has 0 saturated carbocycles. The molecule has 1 aliphatic rings. The van der Waals surface area contributed by atoms with Gasteiger partial charge in [-0.3, -0.25) is 14.2 Å². The number of amides is 1. The first-order valence-corrected chi connectivity index (χ1v) is 10.4. The topological polar surface area (TPSA) is 80.1 Å². The molecule has 2 aromatic heterocycles. The van der Waals surface area contributed by atoms with E-state index in [4.69, 9.17) is 0 Å². The van der Waals surface area contributed by atoms with Gasteiger partial charge in [-0.05, 0) is 36.5 Å². The minimum absolute atomic E-state index is 0.128. The highest BCUT2D eigenvalue weighted by molar-refractivity contribution is 7.22. The lowest BCUT2D eigenvalue weighted by Gasteiger charge is -2.30. The Balaban J connectivity index is 1.46. The lowest BCUT2D eigenvalue weighted by Crippen LogP contribution is -2.34. The monoisotopic (exact) mass is 415 g/mol. The maximum Gasteiger partial charge on any atom is 0.273 e. The zero-order chi connectivity index (χ0) is 20.4. The van der Waals surface area contributed by atoms with Crippen LogP contribution in [0.15, 0.2) is 35.4 Å². The number of piperidine rings is 1. The molecule has 0 radical (unpaired) electrons. The van der Waals surface area contributed by atoms with Crippen molar-refractivity contribution in [1.82, 2.24) is 19.9 Å². The number of anilines is 1. The van der Waals surface area contributed by atoms with Gasteiger partial charge in [0.25, 0.3) is 5.56 Å². The molecule has 0 unspecified atom stereocenters. The van der Waals surface area contributed by atoms with E-state index < -0.39 is 0 Å². The second-order valence-electron chi connectivity index (χ2n) is 7.42. The third kappa shape index (κ3) is 4.45. The SMILES string of the molecule is C[C@H]1CCCN(c2nc3ncn(CC(=O)NCc4ccc(F)cc4)c(=O)c3s2)C1. The van der Waals surface area contributed by atoms with Crippen LogP contribution in [0.1, 0.15) is 25.3 Å². The summed E-state index contributed by atoms with van der Waals surface area (Å²) in [4.78, 5) is 36.0. The van der Waals surface area contributed by atoms with Crippen molar-refractivity contribution in [2.45, 2.75) is 32.9 Å². The Bertz CT molecular complexity index is 1080. The molecule has 0 spiro atoms. The predicted molar refractivity (Wildman–Crippen MR) is 111 cm³/mol. The Kier molecular flexibility index (Phi) is 5.57. The van der Waals surface area contributed by atoms with Crippen molar-refractivity contribution >= 4 is 32.7 Å². The summed E-state index contributed by atoms with van der Waals surface area (Å²) in [6.07, 6.45) is 3.69. The summed E-state index contributed by atoms with van der Waals surface area (Å²) in [5.41, 5.74) is 0.945. The number of fused-ring (bicyclic) bond motifs is 1. The normalized spacial score (nSPS) is 16.9. The summed E-state index contributed by atoms with van der Waals surface area (Å²) in [5.74, 6) is -0.0358. The molecular weight excluding hydrogens is 393 g/mol. The maximum atomic E-state index is 12.9. The van der Waals surface area contributed by atoms with Crippen LogP contribution in [0.5, 0.6) is 0 Å². The second-order valence-corrected chi connectivity index (χ2v) is 8.40. The van der Waals surface area contributed by atoms with Gasteiger partial charge in [-0.2, -0.15) is 4.98 Å².